The molecular formula is C11H28O4P2. The van der Waals surface area contributed by atoms with Crippen LogP contribution < -0.4 is 0 Å². The Balaban J connectivity index is 5.24. The molecular weight excluding hydrogens is 258 g/mol. The fourth-order valence-electron chi connectivity index (χ4n) is 2.28. The van der Waals surface area contributed by atoms with Gasteiger partial charge in [-0.3, -0.25) is 0 Å². The van der Waals surface area contributed by atoms with Crippen LogP contribution in [0.2, 0.25) is 0 Å². The Hall–Kier alpha value is 0.540. The molecule has 0 amide bonds. The molecule has 0 spiro atoms. The molecule has 4 nitrogen and oxygen atoms in total. The van der Waals surface area contributed by atoms with Gasteiger partial charge in [-0.2, -0.15) is 0 Å². The summed E-state index contributed by atoms with van der Waals surface area (Å²) in [6.45, 7) is 6.08. The van der Waals surface area contributed by atoms with Crippen molar-refractivity contribution >= 4 is 14.7 Å². The molecule has 106 valence electrons. The van der Waals surface area contributed by atoms with Crippen LogP contribution in [0.5, 0.6) is 0 Å². The van der Waals surface area contributed by atoms with Crippen molar-refractivity contribution in [1.82, 2.24) is 0 Å². The second-order valence-corrected chi connectivity index (χ2v) is 13.0. The molecule has 0 unspecified atom stereocenters. The second kappa shape index (κ2) is 6.63. The van der Waals surface area contributed by atoms with Gasteiger partial charge < -0.3 is 0 Å². The van der Waals surface area contributed by atoms with E-state index in [1.807, 2.05) is 0 Å². The van der Waals surface area contributed by atoms with Gasteiger partial charge in [0.2, 0.25) is 0 Å². The van der Waals surface area contributed by atoms with Crippen molar-refractivity contribution in [2.24, 2.45) is 0 Å². The number of hydrogen-bond acceptors (Lipinski definition) is 4. The van der Waals surface area contributed by atoms with Gasteiger partial charge in [0.25, 0.3) is 0 Å². The first-order chi connectivity index (χ1) is 7.81. The maximum absolute atomic E-state index is 12.2. The summed E-state index contributed by atoms with van der Waals surface area (Å²) in [6, 6.07) is 0. The first-order valence-electron chi connectivity index (χ1n) is 6.25. The van der Waals surface area contributed by atoms with Crippen LogP contribution in [0.15, 0.2) is 0 Å². The van der Waals surface area contributed by atoms with Gasteiger partial charge in [-0.25, -0.2) is 0 Å². The SMILES string of the molecule is CCCP(C)(CC)(CCC)OP(=O)(OC)OC. The fourth-order valence-corrected chi connectivity index (χ4v) is 9.96. The average Bonchev–Trinajstić information content (AvgIpc) is 2.30. The molecule has 0 aromatic heterocycles. The van der Waals surface area contributed by atoms with E-state index in [1.54, 1.807) is 0 Å². The molecule has 0 saturated carbocycles. The van der Waals surface area contributed by atoms with E-state index < -0.39 is 14.7 Å². The summed E-state index contributed by atoms with van der Waals surface area (Å²) >= 11 is 0. The van der Waals surface area contributed by atoms with E-state index in [4.69, 9.17) is 13.4 Å². The van der Waals surface area contributed by atoms with Crippen molar-refractivity contribution in [3.05, 3.63) is 0 Å². The Bertz CT molecular complexity index is 267. The molecule has 0 aliphatic rings. The molecule has 0 saturated heterocycles. The first-order valence-corrected chi connectivity index (χ1v) is 10.9. The molecule has 0 heterocycles. The summed E-state index contributed by atoms with van der Waals surface area (Å²) in [5.41, 5.74) is 0. The number of hydrogen-bond donors (Lipinski definition) is 0. The van der Waals surface area contributed by atoms with Crippen molar-refractivity contribution in [3.8, 4) is 0 Å². The van der Waals surface area contributed by atoms with Gasteiger partial charge >= 0.3 is 106 Å². The van der Waals surface area contributed by atoms with Gasteiger partial charge in [0.15, 0.2) is 0 Å². The zero-order chi connectivity index (χ0) is 13.6. The molecule has 0 aliphatic carbocycles. The summed E-state index contributed by atoms with van der Waals surface area (Å²) in [5, 5.41) is 0. The minimum atomic E-state index is -3.39. The van der Waals surface area contributed by atoms with Crippen LogP contribution in [0.1, 0.15) is 33.6 Å². The summed E-state index contributed by atoms with van der Waals surface area (Å²) in [4.78, 5) is 0. The van der Waals surface area contributed by atoms with Crippen LogP contribution >= 0.6 is 14.7 Å². The molecule has 0 atom stereocenters. The summed E-state index contributed by atoms with van der Waals surface area (Å²) in [6.07, 6.45) is 4.88. The third-order valence-electron chi connectivity index (χ3n) is 3.40. The maximum atomic E-state index is 12.2. The van der Waals surface area contributed by atoms with E-state index in [0.29, 0.717) is 0 Å². The fraction of sp³-hybridized carbons (Fsp3) is 1.00. The predicted molar refractivity (Wildman–Crippen MR) is 76.4 cm³/mol. The van der Waals surface area contributed by atoms with Crippen LogP contribution in [0, 0.1) is 0 Å². The molecule has 6 heteroatoms. The Morgan fingerprint density at radius 3 is 1.65 bits per heavy atom. The zero-order valence-corrected chi connectivity index (χ0v) is 13.9. The monoisotopic (exact) mass is 286 g/mol. The molecule has 0 aromatic carbocycles. The quantitative estimate of drug-likeness (QED) is 0.591. The Labute approximate surface area is 106 Å². The molecule has 17 heavy (non-hydrogen) atoms. The Morgan fingerprint density at radius 2 is 1.41 bits per heavy atom. The van der Waals surface area contributed by atoms with E-state index in [-0.39, 0.29) is 0 Å². The molecule has 0 rings (SSSR count). The van der Waals surface area contributed by atoms with Crippen molar-refractivity contribution < 1.29 is 17.9 Å². The van der Waals surface area contributed by atoms with Crippen molar-refractivity contribution in [2.45, 2.75) is 33.6 Å². The molecule has 0 fully saturated rings. The van der Waals surface area contributed by atoms with E-state index in [2.05, 4.69) is 27.4 Å². The van der Waals surface area contributed by atoms with E-state index in [0.717, 1.165) is 31.3 Å². The molecule has 0 N–H and O–H groups in total. The Morgan fingerprint density at radius 1 is 1.00 bits per heavy atom. The second-order valence-electron chi connectivity index (χ2n) is 4.85. The summed E-state index contributed by atoms with van der Waals surface area (Å²) < 4.78 is 28.1. The topological polar surface area (TPSA) is 44.8 Å². The van der Waals surface area contributed by atoms with Crippen molar-refractivity contribution in [2.75, 3.05) is 39.4 Å². The van der Waals surface area contributed by atoms with Gasteiger partial charge in [-0.05, 0) is 0 Å². The molecule has 0 aromatic rings. The van der Waals surface area contributed by atoms with E-state index in [9.17, 15) is 4.57 Å². The number of phosphoric acid groups is 1. The normalized spacial score (nSPS) is 15.5. The molecule has 0 radical (unpaired) electrons. The summed E-state index contributed by atoms with van der Waals surface area (Å²) in [5.74, 6) is 0. The van der Waals surface area contributed by atoms with Crippen molar-refractivity contribution in [3.63, 3.8) is 0 Å². The first kappa shape index (κ1) is 17.5. The van der Waals surface area contributed by atoms with Gasteiger partial charge in [0.05, 0.1) is 0 Å². The van der Waals surface area contributed by atoms with E-state index in [1.165, 1.54) is 14.2 Å². The third-order valence-corrected chi connectivity index (χ3v) is 12.3. The summed E-state index contributed by atoms with van der Waals surface area (Å²) in [7, 11) is -0.638. The van der Waals surface area contributed by atoms with Gasteiger partial charge in [-0.1, -0.05) is 0 Å². The standard InChI is InChI=1S/C11H28O4P2/c1-7-10-17(6,9-3,11-8-2)15-16(12,13-4)14-5/h7-11H2,1-6H3. The van der Waals surface area contributed by atoms with Crippen molar-refractivity contribution in [1.29, 1.82) is 0 Å². The van der Waals surface area contributed by atoms with Gasteiger partial charge in [0.1, 0.15) is 0 Å². The molecule has 0 bridgehead atoms. The Kier molecular flexibility index (Phi) is 6.84. The predicted octanol–water partition coefficient (Wildman–Crippen LogP) is 4.34. The van der Waals surface area contributed by atoms with E-state index >= 15 is 0 Å². The average molecular weight is 286 g/mol. The van der Waals surface area contributed by atoms with Gasteiger partial charge in [0, 0.05) is 0 Å². The number of phosphoric ester groups is 1. The minimum absolute atomic E-state index is 0.907. The zero-order valence-electron chi connectivity index (χ0n) is 12.1. The van der Waals surface area contributed by atoms with Crippen LogP contribution in [0.4, 0.5) is 0 Å². The van der Waals surface area contributed by atoms with Crippen LogP contribution in [0.25, 0.3) is 0 Å². The third kappa shape index (κ3) is 4.61. The van der Waals surface area contributed by atoms with Crippen LogP contribution in [0.3, 0.4) is 0 Å². The van der Waals surface area contributed by atoms with Gasteiger partial charge in [-0.15, -0.1) is 0 Å². The molecule has 0 aliphatic heterocycles. The van der Waals surface area contributed by atoms with Crippen LogP contribution in [-0.2, 0) is 17.9 Å². The number of rotatable bonds is 9. The van der Waals surface area contributed by atoms with Crippen LogP contribution in [-0.4, -0.2) is 39.4 Å².